The van der Waals surface area contributed by atoms with Gasteiger partial charge in [0.15, 0.2) is 0 Å². The van der Waals surface area contributed by atoms with Gasteiger partial charge in [-0.3, -0.25) is 0 Å². The van der Waals surface area contributed by atoms with Gasteiger partial charge >= 0.3 is 6.03 Å². The maximum Gasteiger partial charge on any atom is 0.318 e. The number of nitrogens with one attached hydrogen (secondary N) is 1. The molecule has 1 aliphatic carbocycles. The van der Waals surface area contributed by atoms with Crippen molar-refractivity contribution in [1.82, 2.24) is 10.2 Å². The molecule has 4 nitrogen and oxygen atoms in total. The third-order valence-electron chi connectivity index (χ3n) is 2.58. The Hall–Kier alpha value is -1.17. The summed E-state index contributed by atoms with van der Waals surface area (Å²) in [5.41, 5.74) is 0. The van der Waals surface area contributed by atoms with Crippen LogP contribution in [0.5, 0.6) is 0 Å². The largest absolute Gasteiger partial charge is 0.395 e. The zero-order valence-corrected chi connectivity index (χ0v) is 9.61. The highest BCUT2D eigenvalue weighted by atomic mass is 19.3. The number of carbonyl (C=O) groups excluding carboxylic acids is 1. The van der Waals surface area contributed by atoms with Crippen LogP contribution in [0.25, 0.3) is 0 Å². The lowest BCUT2D eigenvalue weighted by Gasteiger charge is -2.25. The van der Waals surface area contributed by atoms with Crippen LogP contribution in [0.2, 0.25) is 0 Å². The number of urea groups is 1. The maximum absolute atomic E-state index is 12.2. The van der Waals surface area contributed by atoms with Crippen LogP contribution < -0.4 is 5.32 Å². The fourth-order valence-corrected chi connectivity index (χ4v) is 1.75. The summed E-state index contributed by atoms with van der Waals surface area (Å²) in [4.78, 5) is 12.6. The van der Waals surface area contributed by atoms with Gasteiger partial charge in [0.25, 0.3) is 6.43 Å². The molecule has 0 fully saturated rings. The molecular formula is C11H18F2N2O2. The van der Waals surface area contributed by atoms with Crippen LogP contribution in [0.3, 0.4) is 0 Å². The van der Waals surface area contributed by atoms with Crippen LogP contribution in [0, 0.1) is 0 Å². The van der Waals surface area contributed by atoms with E-state index in [1.165, 1.54) is 0 Å². The molecule has 0 bridgehead atoms. The number of carbonyl (C=O) groups is 1. The smallest absolute Gasteiger partial charge is 0.318 e. The zero-order chi connectivity index (χ0) is 12.7. The van der Waals surface area contributed by atoms with Gasteiger partial charge in [0.1, 0.15) is 0 Å². The number of aliphatic hydroxyl groups is 1. The molecule has 0 saturated heterocycles. The lowest BCUT2D eigenvalue weighted by molar-refractivity contribution is 0.0896. The average Bonchev–Trinajstić information content (AvgIpc) is 2.29. The molecule has 0 aliphatic heterocycles. The molecule has 0 aromatic rings. The van der Waals surface area contributed by atoms with Crippen molar-refractivity contribution in [3.05, 3.63) is 12.2 Å². The molecule has 0 aromatic heterocycles. The molecule has 6 heteroatoms. The van der Waals surface area contributed by atoms with Crippen LogP contribution in [0.1, 0.15) is 19.3 Å². The molecule has 0 aromatic carbocycles. The molecular weight excluding hydrogens is 230 g/mol. The minimum absolute atomic E-state index is 0.0768. The Bertz CT molecular complexity index is 272. The second-order valence-corrected chi connectivity index (χ2v) is 3.98. The molecule has 17 heavy (non-hydrogen) atoms. The number of amides is 2. The summed E-state index contributed by atoms with van der Waals surface area (Å²) in [7, 11) is 0. The standard InChI is InChI=1S/C11H18F2N2O2/c12-10(13)8-15(6-7-16)11(17)14-9-4-2-1-3-5-9/h2,4,9-10,16H,1,3,5-8H2,(H,14,17)/t9-/m1/s1. The first kappa shape index (κ1) is 13.9. The van der Waals surface area contributed by atoms with Gasteiger partial charge in [0.05, 0.1) is 13.2 Å². The van der Waals surface area contributed by atoms with Gasteiger partial charge in [0, 0.05) is 12.6 Å². The van der Waals surface area contributed by atoms with Gasteiger partial charge in [-0.25, -0.2) is 13.6 Å². The van der Waals surface area contributed by atoms with E-state index in [1.54, 1.807) is 0 Å². The quantitative estimate of drug-likeness (QED) is 0.722. The van der Waals surface area contributed by atoms with Crippen molar-refractivity contribution in [2.75, 3.05) is 19.7 Å². The lowest BCUT2D eigenvalue weighted by Crippen LogP contribution is -2.47. The summed E-state index contributed by atoms with van der Waals surface area (Å²) in [6.45, 7) is -1.05. The Balaban J connectivity index is 2.45. The summed E-state index contributed by atoms with van der Waals surface area (Å²) in [5.74, 6) is 0. The summed E-state index contributed by atoms with van der Waals surface area (Å²) in [6.07, 6.45) is 4.05. The van der Waals surface area contributed by atoms with E-state index >= 15 is 0 Å². The van der Waals surface area contributed by atoms with Crippen molar-refractivity contribution in [3.8, 4) is 0 Å². The Kier molecular flexibility index (Phi) is 5.90. The zero-order valence-electron chi connectivity index (χ0n) is 9.61. The van der Waals surface area contributed by atoms with E-state index in [-0.39, 0.29) is 19.2 Å². The third-order valence-corrected chi connectivity index (χ3v) is 2.58. The lowest BCUT2D eigenvalue weighted by atomic mass is 10.0. The van der Waals surface area contributed by atoms with E-state index < -0.39 is 19.0 Å². The molecule has 0 heterocycles. The number of hydrogen-bond acceptors (Lipinski definition) is 2. The van der Waals surface area contributed by atoms with Crippen molar-refractivity contribution < 1.29 is 18.7 Å². The Labute approximate surface area is 99.3 Å². The first-order valence-electron chi connectivity index (χ1n) is 5.74. The molecule has 1 atom stereocenters. The fraction of sp³-hybridized carbons (Fsp3) is 0.727. The first-order valence-corrected chi connectivity index (χ1v) is 5.74. The molecule has 0 radical (unpaired) electrons. The molecule has 0 saturated carbocycles. The second-order valence-electron chi connectivity index (χ2n) is 3.98. The fourth-order valence-electron chi connectivity index (χ4n) is 1.75. The van der Waals surface area contributed by atoms with E-state index in [1.807, 2.05) is 12.2 Å². The van der Waals surface area contributed by atoms with Crippen LogP contribution in [-0.4, -0.2) is 48.2 Å². The van der Waals surface area contributed by atoms with Crippen LogP contribution in [-0.2, 0) is 0 Å². The number of hydrogen-bond donors (Lipinski definition) is 2. The summed E-state index contributed by atoms with van der Waals surface area (Å²) < 4.78 is 24.5. The van der Waals surface area contributed by atoms with Crippen LogP contribution in [0.15, 0.2) is 12.2 Å². The van der Waals surface area contributed by atoms with Crippen LogP contribution in [0.4, 0.5) is 13.6 Å². The number of aliphatic hydroxyl groups excluding tert-OH is 1. The van der Waals surface area contributed by atoms with Crippen LogP contribution >= 0.6 is 0 Å². The highest BCUT2D eigenvalue weighted by Crippen LogP contribution is 2.10. The highest BCUT2D eigenvalue weighted by molar-refractivity contribution is 5.74. The van der Waals surface area contributed by atoms with Gasteiger partial charge in [-0.15, -0.1) is 0 Å². The second kappa shape index (κ2) is 7.21. The summed E-state index contributed by atoms with van der Waals surface area (Å²) in [5, 5.41) is 11.4. The van der Waals surface area contributed by atoms with Gasteiger partial charge in [-0.2, -0.15) is 0 Å². The maximum atomic E-state index is 12.2. The number of allylic oxidation sites excluding steroid dienone is 1. The minimum Gasteiger partial charge on any atom is -0.395 e. The Morgan fingerprint density at radius 2 is 2.35 bits per heavy atom. The molecule has 1 aliphatic rings. The predicted molar refractivity (Wildman–Crippen MR) is 60.0 cm³/mol. The summed E-state index contributed by atoms with van der Waals surface area (Å²) >= 11 is 0. The van der Waals surface area contributed by atoms with Gasteiger partial charge < -0.3 is 15.3 Å². The Morgan fingerprint density at radius 1 is 1.59 bits per heavy atom. The number of halogens is 2. The van der Waals surface area contributed by atoms with Crippen molar-refractivity contribution in [2.45, 2.75) is 31.7 Å². The molecule has 0 spiro atoms. The SMILES string of the molecule is O=C(N[C@@H]1C=CCCC1)N(CCO)CC(F)F. The monoisotopic (exact) mass is 248 g/mol. The van der Waals surface area contributed by atoms with E-state index in [4.69, 9.17) is 5.11 Å². The Morgan fingerprint density at radius 3 is 2.88 bits per heavy atom. The van der Waals surface area contributed by atoms with E-state index in [9.17, 15) is 13.6 Å². The third kappa shape index (κ3) is 5.12. The van der Waals surface area contributed by atoms with Crippen molar-refractivity contribution in [3.63, 3.8) is 0 Å². The van der Waals surface area contributed by atoms with Crippen molar-refractivity contribution in [1.29, 1.82) is 0 Å². The highest BCUT2D eigenvalue weighted by Gasteiger charge is 2.20. The average molecular weight is 248 g/mol. The molecule has 98 valence electrons. The normalized spacial score (nSPS) is 19.4. The predicted octanol–water partition coefficient (Wildman–Crippen LogP) is 1.36. The topological polar surface area (TPSA) is 52.6 Å². The number of rotatable bonds is 5. The van der Waals surface area contributed by atoms with E-state index in [0.717, 1.165) is 24.2 Å². The molecule has 0 unspecified atom stereocenters. The molecule has 2 amide bonds. The van der Waals surface area contributed by atoms with Crippen molar-refractivity contribution in [2.24, 2.45) is 0 Å². The number of alkyl halides is 2. The minimum atomic E-state index is -2.59. The summed E-state index contributed by atoms with van der Waals surface area (Å²) in [6, 6.07) is -0.633. The molecule has 2 N–H and O–H groups in total. The van der Waals surface area contributed by atoms with E-state index in [0.29, 0.717) is 0 Å². The molecule has 1 rings (SSSR count). The number of nitrogens with zero attached hydrogens (tertiary/aromatic N) is 1. The van der Waals surface area contributed by atoms with Gasteiger partial charge in [-0.05, 0) is 19.3 Å². The first-order chi connectivity index (χ1) is 8.13. The van der Waals surface area contributed by atoms with Gasteiger partial charge in [-0.1, -0.05) is 12.2 Å². The van der Waals surface area contributed by atoms with Gasteiger partial charge in [0.2, 0.25) is 0 Å². The van der Waals surface area contributed by atoms with E-state index in [2.05, 4.69) is 5.32 Å². The van der Waals surface area contributed by atoms with Crippen molar-refractivity contribution >= 4 is 6.03 Å².